The minimum atomic E-state index is -3.39. The number of alkyl halides is 2. The van der Waals surface area contributed by atoms with Crippen LogP contribution in [0.2, 0.25) is 0 Å². The van der Waals surface area contributed by atoms with Crippen molar-refractivity contribution in [2.24, 2.45) is 5.10 Å². The van der Waals surface area contributed by atoms with Gasteiger partial charge in [0.05, 0.1) is 23.3 Å². The number of Topliss-reactive ketones (excluding diaryl/α,β-unsaturated/α-hetero) is 1. The zero-order chi connectivity index (χ0) is 19.0. The van der Waals surface area contributed by atoms with Gasteiger partial charge < -0.3 is 4.74 Å². The Morgan fingerprint density at radius 2 is 2.04 bits per heavy atom. The summed E-state index contributed by atoms with van der Waals surface area (Å²) in [5.74, 6) is -2.91. The second kappa shape index (κ2) is 9.21. The van der Waals surface area contributed by atoms with Gasteiger partial charge in [-0.2, -0.15) is 5.10 Å². The van der Waals surface area contributed by atoms with Crippen molar-refractivity contribution in [2.75, 3.05) is 13.7 Å². The fourth-order valence-corrected chi connectivity index (χ4v) is 1.68. The second-order valence-electron chi connectivity index (χ2n) is 4.56. The molecule has 0 fully saturated rings. The Labute approximate surface area is 141 Å². The van der Waals surface area contributed by atoms with E-state index in [4.69, 9.17) is 0 Å². The van der Waals surface area contributed by atoms with E-state index in [0.717, 1.165) is 17.4 Å². The summed E-state index contributed by atoms with van der Waals surface area (Å²) < 4.78 is 29.7. The topological polar surface area (TPSA) is 102 Å². The molecule has 0 radical (unpaired) electrons. The minimum absolute atomic E-state index is 0.101. The molecule has 0 saturated carbocycles. The molecule has 0 unspecified atom stereocenters. The van der Waals surface area contributed by atoms with E-state index in [9.17, 15) is 28.5 Å². The van der Waals surface area contributed by atoms with Crippen LogP contribution < -0.4 is 0 Å². The quantitative estimate of drug-likeness (QED) is 0.135. The van der Waals surface area contributed by atoms with Crippen LogP contribution in [-0.2, 0) is 14.3 Å². The van der Waals surface area contributed by atoms with Crippen LogP contribution in [0.3, 0.4) is 0 Å². The molecule has 0 saturated heterocycles. The number of ether oxygens (including phenoxy) is 1. The monoisotopic (exact) mass is 355 g/mol. The number of rotatable bonds is 8. The molecule has 0 bridgehead atoms. The lowest BCUT2D eigenvalue weighted by Gasteiger charge is -2.10. The van der Waals surface area contributed by atoms with Crippen molar-refractivity contribution in [1.29, 1.82) is 0 Å². The molecule has 1 aromatic carbocycles. The van der Waals surface area contributed by atoms with Crippen LogP contribution in [0.1, 0.15) is 12.5 Å². The first-order valence-corrected chi connectivity index (χ1v) is 6.99. The van der Waals surface area contributed by atoms with Gasteiger partial charge in [0.2, 0.25) is 5.78 Å². The molecule has 0 spiro atoms. The molecule has 0 heterocycles. The molecule has 25 heavy (non-hydrogen) atoms. The van der Waals surface area contributed by atoms with Crippen LogP contribution in [0.5, 0.6) is 0 Å². The van der Waals surface area contributed by atoms with Crippen molar-refractivity contribution in [3.63, 3.8) is 0 Å². The molecule has 0 aliphatic rings. The van der Waals surface area contributed by atoms with Crippen LogP contribution in [0.15, 0.2) is 41.1 Å². The van der Waals surface area contributed by atoms with Crippen LogP contribution in [0.25, 0.3) is 0 Å². The highest BCUT2D eigenvalue weighted by molar-refractivity contribution is 6.18. The third-order valence-electron chi connectivity index (χ3n) is 2.79. The lowest BCUT2D eigenvalue weighted by Crippen LogP contribution is -2.23. The molecule has 0 aliphatic carbocycles. The van der Waals surface area contributed by atoms with Gasteiger partial charge in [-0.05, 0) is 13.0 Å². The number of nitrogens with zero attached hydrogens (tertiary/aromatic N) is 3. The number of hydrogen-bond donors (Lipinski definition) is 0. The summed E-state index contributed by atoms with van der Waals surface area (Å²) in [5, 5.41) is 15.6. The maximum atomic E-state index is 12.6. The number of hydrazone groups is 1. The van der Waals surface area contributed by atoms with Crippen molar-refractivity contribution in [3.05, 3.63) is 51.7 Å². The Balaban J connectivity index is 3.08. The van der Waals surface area contributed by atoms with Gasteiger partial charge in [-0.3, -0.25) is 19.9 Å². The lowest BCUT2D eigenvalue weighted by molar-refractivity contribution is -0.385. The first-order chi connectivity index (χ1) is 11.8. The van der Waals surface area contributed by atoms with Gasteiger partial charge in [-0.25, -0.2) is 13.6 Å². The Kier molecular flexibility index (Phi) is 7.32. The summed E-state index contributed by atoms with van der Waals surface area (Å²) in [5.41, 5.74) is -0.928. The predicted octanol–water partition coefficient (Wildman–Crippen LogP) is 2.14. The van der Waals surface area contributed by atoms with Gasteiger partial charge in [-0.1, -0.05) is 12.1 Å². The molecule has 0 aromatic heterocycles. The lowest BCUT2D eigenvalue weighted by atomic mass is 10.2. The van der Waals surface area contributed by atoms with Crippen LogP contribution >= 0.6 is 0 Å². The Bertz CT molecular complexity index is 719. The van der Waals surface area contributed by atoms with E-state index in [1.54, 1.807) is 6.07 Å². The SMILES string of the molecule is CCOC(=O)C(=CN(C)N=Cc1ccccc1[N+](=O)[O-])C(=O)C(F)F. The average Bonchev–Trinajstić information content (AvgIpc) is 2.57. The first kappa shape index (κ1) is 19.9. The van der Waals surface area contributed by atoms with Gasteiger partial charge in [0, 0.05) is 19.3 Å². The number of esters is 1. The minimum Gasteiger partial charge on any atom is -0.462 e. The highest BCUT2D eigenvalue weighted by Gasteiger charge is 2.27. The van der Waals surface area contributed by atoms with E-state index in [1.807, 2.05) is 0 Å². The standard InChI is InChI=1S/C15H15F2N3O5/c1-3-25-15(22)11(13(21)14(16)17)9-19(2)18-8-10-6-4-5-7-12(10)20(23)24/h4-9,14H,3H2,1-2H3. The molecule has 0 amide bonds. The van der Waals surface area contributed by atoms with Crippen molar-refractivity contribution < 1.29 is 28.0 Å². The molecule has 0 aliphatic heterocycles. The smallest absolute Gasteiger partial charge is 0.343 e. The first-order valence-electron chi connectivity index (χ1n) is 6.99. The number of hydrogen-bond acceptors (Lipinski definition) is 7. The van der Waals surface area contributed by atoms with Crippen molar-refractivity contribution in [1.82, 2.24) is 5.01 Å². The Morgan fingerprint density at radius 1 is 1.40 bits per heavy atom. The van der Waals surface area contributed by atoms with E-state index < -0.39 is 28.7 Å². The number of halogens is 2. The zero-order valence-electron chi connectivity index (χ0n) is 13.4. The van der Waals surface area contributed by atoms with Crippen molar-refractivity contribution in [2.45, 2.75) is 13.3 Å². The number of nitro benzene ring substituents is 1. The zero-order valence-corrected chi connectivity index (χ0v) is 13.4. The maximum absolute atomic E-state index is 12.6. The van der Waals surface area contributed by atoms with Crippen LogP contribution in [0, 0.1) is 10.1 Å². The number of carbonyl (C=O) groups is 2. The molecular formula is C15H15F2N3O5. The summed E-state index contributed by atoms with van der Waals surface area (Å²) in [4.78, 5) is 33.3. The summed E-state index contributed by atoms with van der Waals surface area (Å²) >= 11 is 0. The summed E-state index contributed by atoms with van der Waals surface area (Å²) in [7, 11) is 1.27. The van der Waals surface area contributed by atoms with E-state index in [0.29, 0.717) is 0 Å². The summed E-state index contributed by atoms with van der Waals surface area (Å²) in [6, 6.07) is 5.71. The van der Waals surface area contributed by atoms with Crippen molar-refractivity contribution >= 4 is 23.7 Å². The number of ketones is 1. The molecular weight excluding hydrogens is 340 g/mol. The second-order valence-corrected chi connectivity index (χ2v) is 4.56. The Hall–Kier alpha value is -3.17. The molecule has 134 valence electrons. The molecule has 10 heteroatoms. The number of carbonyl (C=O) groups excluding carboxylic acids is 2. The van der Waals surface area contributed by atoms with Gasteiger partial charge in [0.1, 0.15) is 5.57 Å². The summed E-state index contributed by atoms with van der Waals surface area (Å²) in [6.07, 6.45) is -1.51. The predicted molar refractivity (Wildman–Crippen MR) is 84.2 cm³/mol. The van der Waals surface area contributed by atoms with Crippen LogP contribution in [0.4, 0.5) is 14.5 Å². The third-order valence-corrected chi connectivity index (χ3v) is 2.79. The van der Waals surface area contributed by atoms with E-state index >= 15 is 0 Å². The highest BCUT2D eigenvalue weighted by Crippen LogP contribution is 2.15. The van der Waals surface area contributed by atoms with Crippen molar-refractivity contribution in [3.8, 4) is 0 Å². The maximum Gasteiger partial charge on any atom is 0.343 e. The van der Waals surface area contributed by atoms with Crippen LogP contribution in [-0.4, -0.2) is 48.0 Å². The summed E-state index contributed by atoms with van der Waals surface area (Å²) in [6.45, 7) is 1.36. The molecule has 0 N–H and O–H groups in total. The Morgan fingerprint density at radius 3 is 2.60 bits per heavy atom. The average molecular weight is 355 g/mol. The molecule has 1 aromatic rings. The third kappa shape index (κ3) is 5.75. The van der Waals surface area contributed by atoms with E-state index in [2.05, 4.69) is 9.84 Å². The molecule has 1 rings (SSSR count). The fourth-order valence-electron chi connectivity index (χ4n) is 1.68. The number of para-hydroxylation sites is 1. The molecule has 0 atom stereocenters. The van der Waals surface area contributed by atoms with E-state index in [1.165, 1.54) is 32.2 Å². The normalized spacial score (nSPS) is 11.6. The largest absolute Gasteiger partial charge is 0.462 e. The van der Waals surface area contributed by atoms with Gasteiger partial charge in [0.25, 0.3) is 5.69 Å². The number of benzene rings is 1. The van der Waals surface area contributed by atoms with E-state index in [-0.39, 0.29) is 17.9 Å². The van der Waals surface area contributed by atoms with Gasteiger partial charge in [-0.15, -0.1) is 0 Å². The molecule has 8 nitrogen and oxygen atoms in total. The highest BCUT2D eigenvalue weighted by atomic mass is 19.3. The van der Waals surface area contributed by atoms with Gasteiger partial charge >= 0.3 is 12.4 Å². The fraction of sp³-hybridized carbons (Fsp3) is 0.267. The van der Waals surface area contributed by atoms with Gasteiger partial charge in [0.15, 0.2) is 0 Å². The number of nitro groups is 1.